The Labute approximate surface area is 104 Å². The fraction of sp³-hybridized carbons (Fsp3) is 0.400. The van der Waals surface area contributed by atoms with Gasteiger partial charge in [-0.05, 0) is 0 Å². The Morgan fingerprint density at radius 1 is 1.23 bits per heavy atom. The molecule has 1 aromatic rings. The van der Waals surface area contributed by atoms with E-state index in [1.165, 1.54) is 0 Å². The third-order valence-electron chi connectivity index (χ3n) is 1.21. The molecule has 0 aliphatic carbocycles. The summed E-state index contributed by atoms with van der Waals surface area (Å²) in [4.78, 5) is 5.26. The van der Waals surface area contributed by atoms with E-state index in [1.807, 2.05) is 0 Å². The lowest BCUT2D eigenvalue weighted by atomic mass is 10.4. The van der Waals surface area contributed by atoms with Crippen LogP contribution >= 0.6 is 69.6 Å². The summed E-state index contributed by atoms with van der Waals surface area (Å²) in [7, 11) is 0. The van der Waals surface area contributed by atoms with E-state index in [0.717, 1.165) is 0 Å². The molecule has 8 heteroatoms. The minimum absolute atomic E-state index is 0.0660. The van der Waals surface area contributed by atoms with Crippen LogP contribution in [0.5, 0.6) is 0 Å². The van der Waals surface area contributed by atoms with Crippen LogP contribution in [0, 0.1) is 0 Å². The van der Waals surface area contributed by atoms with Gasteiger partial charge >= 0.3 is 0 Å². The van der Waals surface area contributed by atoms with Crippen molar-refractivity contribution in [2.45, 2.75) is 9.17 Å². The van der Waals surface area contributed by atoms with Crippen LogP contribution in [0.3, 0.4) is 0 Å². The van der Waals surface area contributed by atoms with E-state index >= 15 is 0 Å². The minimum atomic E-state index is -1.56. The molecule has 0 bridgehead atoms. The Bertz CT molecular complexity index is 286. The highest BCUT2D eigenvalue weighted by atomic mass is 35.5. The third kappa shape index (κ3) is 2.49. The molecule has 0 fully saturated rings. The number of hydrogen-bond acceptors (Lipinski definition) is 1. The predicted molar refractivity (Wildman–Crippen MR) is 57.5 cm³/mol. The Kier molecular flexibility index (Phi) is 3.90. The molecule has 0 atom stereocenters. The zero-order chi connectivity index (χ0) is 10.2. The van der Waals surface area contributed by atoms with Crippen molar-refractivity contribution in [3.05, 3.63) is 16.1 Å². The highest BCUT2D eigenvalue weighted by Gasteiger charge is 2.38. The van der Waals surface area contributed by atoms with Crippen LogP contribution in [0.25, 0.3) is 0 Å². The molecule has 13 heavy (non-hydrogen) atoms. The number of halogens is 6. The summed E-state index contributed by atoms with van der Waals surface area (Å²) in [6.07, 6.45) is 0. The fourth-order valence-corrected chi connectivity index (χ4v) is 1.24. The van der Waals surface area contributed by atoms with Crippen LogP contribution in [0.15, 0.2) is 0 Å². The second-order valence-corrected chi connectivity index (χ2v) is 5.33. The smallest absolute Gasteiger partial charge is 0.205 e. The van der Waals surface area contributed by atoms with Crippen molar-refractivity contribution in [2.75, 3.05) is 0 Å². The first-order valence-electron chi connectivity index (χ1n) is 2.93. The molecule has 0 aliphatic heterocycles. The zero-order valence-corrected chi connectivity index (χ0v) is 10.3. The SMILES string of the molecule is Clc1nc(C(Cl)(Cl)C(Cl)Cl)[nH]c1Cl. The lowest BCUT2D eigenvalue weighted by Crippen LogP contribution is -2.20. The molecule has 0 amide bonds. The van der Waals surface area contributed by atoms with Crippen molar-refractivity contribution < 1.29 is 0 Å². The summed E-state index contributed by atoms with van der Waals surface area (Å²) in [5.41, 5.74) is 0. The number of hydrogen-bond donors (Lipinski definition) is 1. The van der Waals surface area contributed by atoms with Gasteiger partial charge in [-0.25, -0.2) is 4.98 Å². The van der Waals surface area contributed by atoms with E-state index in [1.54, 1.807) is 0 Å². The molecule has 0 unspecified atom stereocenters. The number of H-pyrrole nitrogens is 1. The van der Waals surface area contributed by atoms with E-state index < -0.39 is 9.17 Å². The van der Waals surface area contributed by atoms with Crippen molar-refractivity contribution in [2.24, 2.45) is 0 Å². The van der Waals surface area contributed by atoms with Crippen LogP contribution in [0.2, 0.25) is 10.3 Å². The van der Waals surface area contributed by atoms with Gasteiger partial charge in [-0.2, -0.15) is 0 Å². The van der Waals surface area contributed by atoms with Crippen LogP contribution < -0.4 is 0 Å². The van der Waals surface area contributed by atoms with E-state index in [0.29, 0.717) is 0 Å². The number of aromatic amines is 1. The molecule has 1 N–H and O–H groups in total. The molecular formula is C5H2Cl6N2. The Balaban J connectivity index is 3.07. The fourth-order valence-electron chi connectivity index (χ4n) is 0.592. The number of alkyl halides is 4. The first-order chi connectivity index (χ1) is 5.85. The van der Waals surface area contributed by atoms with Gasteiger partial charge in [-0.3, -0.25) is 0 Å². The summed E-state index contributed by atoms with van der Waals surface area (Å²) in [5, 5.41) is 0.202. The molecule has 1 aromatic heterocycles. The summed E-state index contributed by atoms with van der Waals surface area (Å²) >= 11 is 33.7. The Morgan fingerprint density at radius 2 is 1.77 bits per heavy atom. The highest BCUT2D eigenvalue weighted by molar-refractivity contribution is 6.59. The number of imidazole rings is 1. The number of nitrogens with one attached hydrogen (secondary N) is 1. The largest absolute Gasteiger partial charge is 0.329 e. The topological polar surface area (TPSA) is 28.7 Å². The standard InChI is InChI=1S/C5H2Cl6N2/c6-1-2(7)13-4(12-1)5(10,11)3(8)9/h3H,(H,12,13). The Morgan fingerprint density at radius 3 is 2.08 bits per heavy atom. The van der Waals surface area contributed by atoms with Crippen molar-refractivity contribution in [1.82, 2.24) is 9.97 Å². The van der Waals surface area contributed by atoms with Gasteiger partial charge in [0.25, 0.3) is 0 Å². The summed E-state index contributed by atoms with van der Waals surface area (Å²) < 4.78 is -1.56. The third-order valence-corrected chi connectivity index (χ3v) is 3.75. The van der Waals surface area contributed by atoms with Gasteiger partial charge in [-0.1, -0.05) is 46.4 Å². The van der Waals surface area contributed by atoms with Crippen LogP contribution in [-0.2, 0) is 4.33 Å². The molecule has 2 nitrogen and oxygen atoms in total. The van der Waals surface area contributed by atoms with Gasteiger partial charge in [0.05, 0.1) is 0 Å². The number of nitrogens with zero attached hydrogens (tertiary/aromatic N) is 1. The molecule has 0 aliphatic rings. The molecule has 0 aromatic carbocycles. The van der Waals surface area contributed by atoms with E-state index in [2.05, 4.69) is 9.97 Å². The Hall–Kier alpha value is 0.950. The average Bonchev–Trinajstić information content (AvgIpc) is 2.32. The minimum Gasteiger partial charge on any atom is -0.329 e. The van der Waals surface area contributed by atoms with Crippen molar-refractivity contribution >= 4 is 69.6 Å². The molecule has 1 rings (SSSR count). The summed E-state index contributed by atoms with van der Waals surface area (Å²) in [6.45, 7) is 0. The lowest BCUT2D eigenvalue weighted by Gasteiger charge is -2.17. The zero-order valence-electron chi connectivity index (χ0n) is 5.79. The van der Waals surface area contributed by atoms with Crippen LogP contribution in [0.4, 0.5) is 0 Å². The van der Waals surface area contributed by atoms with E-state index in [9.17, 15) is 0 Å². The monoisotopic (exact) mass is 300 g/mol. The molecule has 0 radical (unpaired) electrons. The van der Waals surface area contributed by atoms with Gasteiger partial charge in [-0.15, -0.1) is 23.2 Å². The maximum Gasteiger partial charge on any atom is 0.205 e. The van der Waals surface area contributed by atoms with Gasteiger partial charge in [0, 0.05) is 0 Å². The molecule has 74 valence electrons. The van der Waals surface area contributed by atoms with Crippen LogP contribution in [-0.4, -0.2) is 14.8 Å². The summed E-state index contributed by atoms with van der Waals surface area (Å²) in [6, 6.07) is 0. The average molecular weight is 303 g/mol. The van der Waals surface area contributed by atoms with Gasteiger partial charge in [0.1, 0.15) is 15.8 Å². The predicted octanol–water partition coefficient (Wildman–Crippen LogP) is 4.15. The van der Waals surface area contributed by atoms with Crippen molar-refractivity contribution in [1.29, 1.82) is 0 Å². The molecule has 1 heterocycles. The number of aromatic nitrogens is 2. The van der Waals surface area contributed by atoms with Crippen molar-refractivity contribution in [3.63, 3.8) is 0 Å². The summed E-state index contributed by atoms with van der Waals surface area (Å²) in [5.74, 6) is 0.112. The normalized spacial score (nSPS) is 12.5. The number of rotatable bonds is 2. The molecule has 0 saturated heterocycles. The molecular weight excluding hydrogens is 301 g/mol. The quantitative estimate of drug-likeness (QED) is 0.817. The second kappa shape index (κ2) is 4.21. The van der Waals surface area contributed by atoms with E-state index in [-0.39, 0.29) is 16.1 Å². The van der Waals surface area contributed by atoms with Crippen molar-refractivity contribution in [3.8, 4) is 0 Å². The first kappa shape index (κ1) is 12.0. The van der Waals surface area contributed by atoms with E-state index in [4.69, 9.17) is 69.6 Å². The molecule has 0 saturated carbocycles. The van der Waals surface area contributed by atoms with Crippen LogP contribution in [0.1, 0.15) is 5.82 Å². The van der Waals surface area contributed by atoms with Gasteiger partial charge in [0.15, 0.2) is 5.15 Å². The second-order valence-electron chi connectivity index (χ2n) is 2.11. The maximum absolute atomic E-state index is 5.77. The molecule has 0 spiro atoms. The highest BCUT2D eigenvalue weighted by Crippen LogP contribution is 2.41. The van der Waals surface area contributed by atoms with Gasteiger partial charge in [0.2, 0.25) is 4.33 Å². The maximum atomic E-state index is 5.77. The lowest BCUT2D eigenvalue weighted by molar-refractivity contribution is 0.845. The first-order valence-corrected chi connectivity index (χ1v) is 5.31. The van der Waals surface area contributed by atoms with Gasteiger partial charge < -0.3 is 4.98 Å².